The smallest absolute Gasteiger partial charge is 0.150 e. The first kappa shape index (κ1) is 14.0. The monoisotopic (exact) mass is 329 g/mol. The van der Waals surface area contributed by atoms with Gasteiger partial charge in [-0.05, 0) is 18.2 Å². The van der Waals surface area contributed by atoms with E-state index in [0.29, 0.717) is 17.8 Å². The number of pyridine rings is 3. The second-order valence-electron chi connectivity index (χ2n) is 5.84. The van der Waals surface area contributed by atoms with Gasteiger partial charge in [0, 0.05) is 46.1 Å². The quantitative estimate of drug-likeness (QED) is 0.608. The van der Waals surface area contributed by atoms with Crippen molar-refractivity contribution >= 4 is 33.7 Å². The van der Waals surface area contributed by atoms with Crippen LogP contribution in [0, 0.1) is 5.82 Å². The first-order chi connectivity index (χ1) is 12.3. The van der Waals surface area contributed by atoms with Gasteiger partial charge in [0.25, 0.3) is 0 Å². The molecule has 1 aliphatic rings. The predicted octanol–water partition coefficient (Wildman–Crippen LogP) is 3.78. The Morgan fingerprint density at radius 1 is 1.12 bits per heavy atom. The maximum absolute atomic E-state index is 14.6. The number of nitrogens with zero attached hydrogens (tertiary/aromatic N) is 4. The summed E-state index contributed by atoms with van der Waals surface area (Å²) < 4.78 is 14.6. The van der Waals surface area contributed by atoms with Crippen LogP contribution in [0.5, 0.6) is 0 Å². The number of aromatic amines is 1. The van der Waals surface area contributed by atoms with Gasteiger partial charge in [0.05, 0.1) is 30.1 Å². The van der Waals surface area contributed by atoms with E-state index in [-0.39, 0.29) is 5.82 Å². The summed E-state index contributed by atoms with van der Waals surface area (Å²) in [7, 11) is 0. The molecule has 4 aromatic rings. The lowest BCUT2D eigenvalue weighted by molar-refractivity contribution is 0.621. The van der Waals surface area contributed by atoms with Crippen molar-refractivity contribution in [1.82, 2.24) is 19.9 Å². The standard InChI is InChI=1S/C19H12FN5/c20-14-9-24-19-18(17(14)12-3-5-22-8-12)13-6-15(23-10-16(13)25-19)11-2-1-4-21-7-11/h1-4,6-10H,5H2,(H,24,25). The average Bonchev–Trinajstić information content (AvgIpc) is 3.30. The fourth-order valence-electron chi connectivity index (χ4n) is 3.21. The number of aliphatic imine (C=N–C) groups is 1. The molecule has 0 atom stereocenters. The normalized spacial score (nSPS) is 13.7. The van der Waals surface area contributed by atoms with Crippen molar-refractivity contribution in [2.45, 2.75) is 0 Å². The summed E-state index contributed by atoms with van der Waals surface area (Å²) in [5.41, 5.74) is 4.46. The molecule has 0 amide bonds. The van der Waals surface area contributed by atoms with Crippen LogP contribution in [-0.4, -0.2) is 32.7 Å². The zero-order chi connectivity index (χ0) is 16.8. The molecule has 4 aromatic heterocycles. The van der Waals surface area contributed by atoms with E-state index in [9.17, 15) is 4.39 Å². The SMILES string of the molecule is Fc1cnc2[nH]c3cnc(-c4cccnc4)cc3c2c1C1=CCN=C1. The van der Waals surface area contributed by atoms with Crippen LogP contribution in [0.1, 0.15) is 5.56 Å². The summed E-state index contributed by atoms with van der Waals surface area (Å²) in [4.78, 5) is 20.2. The zero-order valence-corrected chi connectivity index (χ0v) is 13.1. The zero-order valence-electron chi connectivity index (χ0n) is 13.1. The van der Waals surface area contributed by atoms with Crippen LogP contribution >= 0.6 is 0 Å². The first-order valence-corrected chi connectivity index (χ1v) is 7.88. The van der Waals surface area contributed by atoms with Gasteiger partial charge in [-0.2, -0.15) is 0 Å². The van der Waals surface area contributed by atoms with Crippen molar-refractivity contribution in [3.8, 4) is 11.3 Å². The van der Waals surface area contributed by atoms with Crippen LogP contribution in [0.25, 0.3) is 38.8 Å². The summed E-state index contributed by atoms with van der Waals surface area (Å²) >= 11 is 0. The highest BCUT2D eigenvalue weighted by Crippen LogP contribution is 2.34. The van der Waals surface area contributed by atoms with Crippen molar-refractivity contribution in [2.24, 2.45) is 4.99 Å². The molecule has 5 rings (SSSR count). The average molecular weight is 329 g/mol. The number of rotatable bonds is 2. The Hall–Kier alpha value is -3.41. The topological polar surface area (TPSA) is 66.8 Å². The number of halogens is 1. The third-order valence-corrected chi connectivity index (χ3v) is 4.35. The molecule has 0 aliphatic carbocycles. The second kappa shape index (κ2) is 5.31. The minimum absolute atomic E-state index is 0.354. The van der Waals surface area contributed by atoms with Crippen LogP contribution in [0.15, 0.2) is 54.1 Å². The summed E-state index contributed by atoms with van der Waals surface area (Å²) in [6.45, 7) is 0.573. The number of H-pyrrole nitrogens is 1. The van der Waals surface area contributed by atoms with Gasteiger partial charge in [-0.1, -0.05) is 6.08 Å². The predicted molar refractivity (Wildman–Crippen MR) is 95.9 cm³/mol. The molecule has 0 unspecified atom stereocenters. The molecule has 5 heterocycles. The summed E-state index contributed by atoms with van der Waals surface area (Å²) in [6, 6.07) is 5.76. The minimum atomic E-state index is -0.354. The summed E-state index contributed by atoms with van der Waals surface area (Å²) in [5, 5.41) is 1.63. The third kappa shape index (κ3) is 2.15. The van der Waals surface area contributed by atoms with Crippen LogP contribution in [0.3, 0.4) is 0 Å². The molecule has 0 bridgehead atoms. The van der Waals surface area contributed by atoms with Gasteiger partial charge in [-0.25, -0.2) is 9.37 Å². The molecule has 1 N–H and O–H groups in total. The van der Waals surface area contributed by atoms with Gasteiger partial charge in [0.2, 0.25) is 0 Å². The molecule has 6 heteroatoms. The lowest BCUT2D eigenvalue weighted by Crippen LogP contribution is -1.93. The molecule has 0 saturated heterocycles. The number of aromatic nitrogens is 4. The Kier molecular flexibility index (Phi) is 2.97. The van der Waals surface area contributed by atoms with E-state index in [4.69, 9.17) is 0 Å². The van der Waals surface area contributed by atoms with Crippen LogP contribution < -0.4 is 0 Å². The maximum Gasteiger partial charge on any atom is 0.150 e. The molecule has 0 fully saturated rings. The Balaban J connectivity index is 1.85. The van der Waals surface area contributed by atoms with Gasteiger partial charge in [0.15, 0.2) is 0 Å². The molecule has 25 heavy (non-hydrogen) atoms. The lowest BCUT2D eigenvalue weighted by atomic mass is 10.0. The number of allylic oxidation sites excluding steroid dienone is 1. The largest absolute Gasteiger partial charge is 0.338 e. The number of hydrogen-bond donors (Lipinski definition) is 1. The van der Waals surface area contributed by atoms with Crippen LogP contribution in [0.4, 0.5) is 4.39 Å². The molecule has 1 aliphatic heterocycles. The molecular formula is C19H12FN5. The number of nitrogens with one attached hydrogen (secondary N) is 1. The highest BCUT2D eigenvalue weighted by atomic mass is 19.1. The van der Waals surface area contributed by atoms with E-state index in [1.807, 2.05) is 24.3 Å². The fourth-order valence-corrected chi connectivity index (χ4v) is 3.21. The van der Waals surface area contributed by atoms with E-state index >= 15 is 0 Å². The van der Waals surface area contributed by atoms with Crippen molar-refractivity contribution in [1.29, 1.82) is 0 Å². The van der Waals surface area contributed by atoms with Crippen LogP contribution in [-0.2, 0) is 0 Å². The van der Waals surface area contributed by atoms with E-state index in [1.165, 1.54) is 6.20 Å². The third-order valence-electron chi connectivity index (χ3n) is 4.35. The van der Waals surface area contributed by atoms with E-state index in [1.54, 1.807) is 24.8 Å². The van der Waals surface area contributed by atoms with Crippen molar-refractivity contribution in [3.63, 3.8) is 0 Å². The lowest BCUT2D eigenvalue weighted by Gasteiger charge is -2.05. The number of hydrogen-bond acceptors (Lipinski definition) is 4. The van der Waals surface area contributed by atoms with E-state index < -0.39 is 0 Å². The Morgan fingerprint density at radius 3 is 2.88 bits per heavy atom. The van der Waals surface area contributed by atoms with Gasteiger partial charge in [-0.3, -0.25) is 15.0 Å². The summed E-state index contributed by atoms with van der Waals surface area (Å²) in [6.07, 6.45) is 10.1. The van der Waals surface area contributed by atoms with Gasteiger partial charge >= 0.3 is 0 Å². The molecule has 0 aromatic carbocycles. The van der Waals surface area contributed by atoms with Crippen molar-refractivity contribution in [2.75, 3.05) is 6.54 Å². The van der Waals surface area contributed by atoms with E-state index in [2.05, 4.69) is 24.9 Å². The van der Waals surface area contributed by atoms with Crippen molar-refractivity contribution in [3.05, 3.63) is 60.4 Å². The fraction of sp³-hybridized carbons (Fsp3) is 0.0526. The highest BCUT2D eigenvalue weighted by molar-refractivity contribution is 6.20. The first-order valence-electron chi connectivity index (χ1n) is 7.88. The molecule has 5 nitrogen and oxygen atoms in total. The van der Waals surface area contributed by atoms with E-state index in [0.717, 1.165) is 33.1 Å². The Morgan fingerprint density at radius 2 is 2.08 bits per heavy atom. The number of fused-ring (bicyclic) bond motifs is 3. The van der Waals surface area contributed by atoms with Crippen molar-refractivity contribution < 1.29 is 4.39 Å². The second-order valence-corrected chi connectivity index (χ2v) is 5.84. The van der Waals surface area contributed by atoms with Gasteiger partial charge < -0.3 is 4.98 Å². The van der Waals surface area contributed by atoms with Crippen LogP contribution in [0.2, 0.25) is 0 Å². The molecule has 120 valence electrons. The maximum atomic E-state index is 14.6. The Labute approximate surface area is 142 Å². The molecule has 0 spiro atoms. The molecule has 0 saturated carbocycles. The highest BCUT2D eigenvalue weighted by Gasteiger charge is 2.18. The van der Waals surface area contributed by atoms with Gasteiger partial charge in [-0.15, -0.1) is 0 Å². The van der Waals surface area contributed by atoms with Gasteiger partial charge in [0.1, 0.15) is 11.5 Å². The molecule has 0 radical (unpaired) electrons. The molecular weight excluding hydrogens is 317 g/mol. The summed E-state index contributed by atoms with van der Waals surface area (Å²) in [5.74, 6) is -0.354. The minimum Gasteiger partial charge on any atom is -0.338 e. The Bertz CT molecular complexity index is 1170.